The van der Waals surface area contributed by atoms with Crippen LogP contribution in [0.15, 0.2) is 104 Å². The number of nitrogens with two attached hydrogens (primary N) is 1. The van der Waals surface area contributed by atoms with E-state index < -0.39 is 17.7 Å². The third kappa shape index (κ3) is 12.4. The number of halogens is 5. The van der Waals surface area contributed by atoms with Crippen molar-refractivity contribution in [3.05, 3.63) is 130 Å². The Morgan fingerprint density at radius 3 is 1.97 bits per heavy atom. The van der Waals surface area contributed by atoms with Crippen molar-refractivity contribution in [1.82, 2.24) is 38.6 Å². The zero-order valence-electron chi connectivity index (χ0n) is 36.3. The molecule has 0 amide bonds. The number of hydrogen-bond donors (Lipinski definition) is 1. The molecule has 0 aromatic carbocycles. The highest BCUT2D eigenvalue weighted by Gasteiger charge is 2.38. The van der Waals surface area contributed by atoms with Gasteiger partial charge in [0.15, 0.2) is 16.4 Å². The van der Waals surface area contributed by atoms with Crippen LogP contribution in [0, 0.1) is 0 Å². The minimum atomic E-state index is -1.14. The zero-order valence-corrected chi connectivity index (χ0v) is 42.6. The third-order valence-electron chi connectivity index (χ3n) is 10.7. The van der Waals surface area contributed by atoms with Crippen molar-refractivity contribution in [3.63, 3.8) is 0 Å². The van der Waals surface area contributed by atoms with Crippen LogP contribution >= 0.6 is 78.0 Å². The molecule has 350 valence electrons. The summed E-state index contributed by atoms with van der Waals surface area (Å²) >= 11 is 25.8. The van der Waals surface area contributed by atoms with Gasteiger partial charge in [-0.1, -0.05) is 58.6 Å². The summed E-state index contributed by atoms with van der Waals surface area (Å²) in [4.78, 5) is 72.5. The summed E-state index contributed by atoms with van der Waals surface area (Å²) in [6, 6.07) is 10.8. The summed E-state index contributed by atoms with van der Waals surface area (Å²) in [6.07, 6.45) is 17.3. The molecular formula is C45H43Br2Cl3N10O6S. The van der Waals surface area contributed by atoms with Gasteiger partial charge in [0.1, 0.15) is 17.0 Å². The van der Waals surface area contributed by atoms with E-state index >= 15 is 0 Å². The average Bonchev–Trinajstić information content (AvgIpc) is 3.73. The molecule has 0 saturated carbocycles. The Balaban J connectivity index is 0.000000160. The fourth-order valence-electron chi connectivity index (χ4n) is 7.50. The SMILES string of the molecule is CC=C1C(=O)OC(C)(C)OC1=O.Nc1ncc(Cl)cc1Br.O=c1ccnc2c(-c3cnc4nc(N5CCC(N6CCCCC6)CC5)sc4c3)cc(Cl)cn12.O=c1ccnc2c(Br)cc(Cl)cn12. The molecule has 3 aliphatic heterocycles. The predicted molar refractivity (Wildman–Crippen MR) is 269 cm³/mol. The second kappa shape index (κ2) is 21.9. The second-order valence-corrected chi connectivity index (χ2v) is 19.8. The molecule has 10 rings (SSSR count). The number of thiazole rings is 1. The van der Waals surface area contributed by atoms with Crippen LogP contribution in [0.4, 0.5) is 10.9 Å². The molecule has 0 bridgehead atoms. The highest BCUT2D eigenvalue weighted by molar-refractivity contribution is 9.11. The lowest BCUT2D eigenvalue weighted by atomic mass is 10.0. The number of likely N-dealkylation sites (tertiary alicyclic amines) is 1. The fourth-order valence-corrected chi connectivity index (χ4v) is 10.2. The normalized spacial score (nSPS) is 16.2. The smallest absolute Gasteiger partial charge is 0.348 e. The Hall–Kier alpha value is -5.02. The number of rotatable bonds is 3. The molecule has 22 heteroatoms. The fraction of sp³-hybridized carbons (Fsp3) is 0.311. The molecule has 67 heavy (non-hydrogen) atoms. The van der Waals surface area contributed by atoms with Crippen molar-refractivity contribution in [2.24, 2.45) is 0 Å². The quantitative estimate of drug-likeness (QED) is 0.0999. The number of cyclic esters (lactones) is 2. The van der Waals surface area contributed by atoms with Gasteiger partial charge in [-0.3, -0.25) is 18.4 Å². The van der Waals surface area contributed by atoms with Gasteiger partial charge in [-0.25, -0.2) is 29.5 Å². The van der Waals surface area contributed by atoms with Crippen molar-refractivity contribution >= 4 is 123 Å². The average molecular weight is 1120 g/mol. The summed E-state index contributed by atoms with van der Waals surface area (Å²) in [5.74, 6) is -1.93. The van der Waals surface area contributed by atoms with E-state index in [1.165, 1.54) is 111 Å². The number of anilines is 2. The Morgan fingerprint density at radius 1 is 0.761 bits per heavy atom. The largest absolute Gasteiger partial charge is 0.419 e. The van der Waals surface area contributed by atoms with Crippen molar-refractivity contribution in [1.29, 1.82) is 0 Å². The highest BCUT2D eigenvalue weighted by atomic mass is 79.9. The number of fused-ring (bicyclic) bond motifs is 3. The van der Waals surface area contributed by atoms with Gasteiger partial charge in [-0.2, -0.15) is 4.98 Å². The van der Waals surface area contributed by atoms with Gasteiger partial charge in [0.2, 0.25) is 0 Å². The summed E-state index contributed by atoms with van der Waals surface area (Å²) in [5, 5.41) is 2.59. The summed E-state index contributed by atoms with van der Waals surface area (Å²) in [7, 11) is 0. The molecule has 0 unspecified atom stereocenters. The number of hydrogen-bond acceptors (Lipinski definition) is 15. The van der Waals surface area contributed by atoms with Crippen LogP contribution in [0.3, 0.4) is 0 Å². The van der Waals surface area contributed by atoms with Crippen LogP contribution in [0.2, 0.25) is 15.1 Å². The first-order chi connectivity index (χ1) is 32.0. The van der Waals surface area contributed by atoms with E-state index in [1.807, 2.05) is 6.07 Å². The van der Waals surface area contributed by atoms with Crippen LogP contribution in [0.1, 0.15) is 52.9 Å². The van der Waals surface area contributed by atoms with Gasteiger partial charge in [-0.05, 0) is 102 Å². The van der Waals surface area contributed by atoms with Crippen molar-refractivity contribution in [3.8, 4) is 11.1 Å². The number of piperidine rings is 2. The molecule has 0 radical (unpaired) electrons. The van der Waals surface area contributed by atoms with Crippen LogP contribution in [0.25, 0.3) is 32.8 Å². The number of carbonyl (C=O) groups is 2. The van der Waals surface area contributed by atoms with Gasteiger partial charge in [0.25, 0.3) is 16.9 Å². The van der Waals surface area contributed by atoms with E-state index in [4.69, 9.17) is 55.0 Å². The maximum Gasteiger partial charge on any atom is 0.348 e. The first-order valence-electron chi connectivity index (χ1n) is 20.9. The van der Waals surface area contributed by atoms with Gasteiger partial charge in [0, 0.05) is 93.4 Å². The maximum absolute atomic E-state index is 12.3. The van der Waals surface area contributed by atoms with Crippen molar-refractivity contribution in [2.75, 3.05) is 36.8 Å². The molecular weight excluding hydrogens is 1070 g/mol. The Kier molecular flexibility index (Phi) is 16.3. The molecule has 0 spiro atoms. The van der Waals surface area contributed by atoms with Gasteiger partial charge < -0.3 is 25.0 Å². The number of nitrogens with zero attached hydrogens (tertiary/aromatic N) is 9. The molecule has 7 aromatic heterocycles. The number of aromatic nitrogens is 7. The van der Waals surface area contributed by atoms with E-state index in [0.29, 0.717) is 42.7 Å². The summed E-state index contributed by atoms with van der Waals surface area (Å²) < 4.78 is 14.9. The minimum Gasteiger partial charge on any atom is -0.419 e. The maximum atomic E-state index is 12.3. The van der Waals surface area contributed by atoms with E-state index in [9.17, 15) is 19.2 Å². The first kappa shape index (κ1) is 49.9. The molecule has 10 heterocycles. The molecule has 3 aliphatic rings. The van der Waals surface area contributed by atoms with Crippen LogP contribution in [-0.4, -0.2) is 88.6 Å². The molecule has 7 aromatic rings. The van der Waals surface area contributed by atoms with Crippen LogP contribution < -0.4 is 21.8 Å². The first-order valence-corrected chi connectivity index (χ1v) is 24.5. The molecule has 0 atom stereocenters. The highest BCUT2D eigenvalue weighted by Crippen LogP contribution is 2.35. The number of carbonyl (C=O) groups excluding carboxylic acids is 2. The number of ether oxygens (including phenoxy) is 2. The van der Waals surface area contributed by atoms with E-state index in [1.54, 1.807) is 42.8 Å². The van der Waals surface area contributed by atoms with E-state index in [-0.39, 0.29) is 16.7 Å². The minimum absolute atomic E-state index is 0.0469. The lowest BCUT2D eigenvalue weighted by molar-refractivity contribution is -0.222. The van der Waals surface area contributed by atoms with E-state index in [0.717, 1.165) is 44.2 Å². The predicted octanol–water partition coefficient (Wildman–Crippen LogP) is 9.43. The Labute approximate surface area is 420 Å². The lowest BCUT2D eigenvalue weighted by Crippen LogP contribution is -2.46. The van der Waals surface area contributed by atoms with Crippen molar-refractivity contribution < 1.29 is 19.1 Å². The third-order valence-corrected chi connectivity index (χ3v) is 13.6. The van der Waals surface area contributed by atoms with Crippen molar-refractivity contribution in [2.45, 2.75) is 64.7 Å². The number of pyridine rings is 4. The number of nitrogen functional groups attached to an aromatic ring is 1. The topological polar surface area (TPSA) is 193 Å². The second-order valence-electron chi connectivity index (χ2n) is 15.8. The van der Waals surface area contributed by atoms with Crippen LogP contribution in [-0.2, 0) is 19.1 Å². The number of allylic oxidation sites excluding steroid dienone is 1. The monoisotopic (exact) mass is 1110 g/mol. The van der Waals surface area contributed by atoms with Gasteiger partial charge in [0.05, 0.1) is 28.7 Å². The van der Waals surface area contributed by atoms with Gasteiger partial charge >= 0.3 is 11.9 Å². The molecule has 16 nitrogen and oxygen atoms in total. The molecule has 0 aliphatic carbocycles. The van der Waals surface area contributed by atoms with Crippen LogP contribution in [0.5, 0.6) is 0 Å². The number of esters is 2. The zero-order chi connectivity index (χ0) is 48.0. The Morgan fingerprint density at radius 2 is 1.36 bits per heavy atom. The Bertz CT molecular complexity index is 3100. The molecule has 2 N–H and O–H groups in total. The molecule has 3 saturated heterocycles. The standard InChI is InChI=1S/C24H25ClN6OS.C8H4BrClN2O.C8H10O4.C5H4BrClN2/c25-17-13-19(23-26-7-4-21(32)31(23)15-17)16-12-20-22(27-14-16)28-24(33-20)30-10-5-18(6-11-30)29-8-2-1-3-9-29;9-6-3-5(10)4-12-7(13)1-2-11-8(6)12;1-4-5-6(9)11-8(2,3)12-7(5)10;6-4-1-3(7)2-9-5(4)8/h4,7,12-15,18H,1-3,5-6,8-11H2;1-4H;4H,1-3H3;1-2H,(H2,8,9). The lowest BCUT2D eigenvalue weighted by Gasteiger charge is -2.40. The van der Waals surface area contributed by atoms with Gasteiger partial charge in [-0.15, -0.1) is 0 Å². The summed E-state index contributed by atoms with van der Waals surface area (Å²) in [6.45, 7) is 9.20. The van der Waals surface area contributed by atoms with E-state index in [2.05, 4.69) is 67.7 Å². The summed E-state index contributed by atoms with van der Waals surface area (Å²) in [5.41, 5.74) is 8.57. The molecule has 3 fully saturated rings.